The second-order valence-electron chi connectivity index (χ2n) is 5.53. The number of hydrogen-bond acceptors (Lipinski definition) is 3. The number of rotatable bonds is 6. The molecule has 0 bridgehead atoms. The molecule has 0 atom stereocenters. The average Bonchev–Trinajstić information content (AvgIpc) is 3.12. The zero-order valence-electron chi connectivity index (χ0n) is 13.4. The van der Waals surface area contributed by atoms with Crippen molar-refractivity contribution >= 4 is 17.6 Å². The number of aliphatic carboxylic acids is 1. The SMILES string of the molecule is O=C(O)CCc1ccccc1NC(=O)c1ccc(-c2ccccc2)o1. The molecule has 25 heavy (non-hydrogen) atoms. The van der Waals surface area contributed by atoms with Gasteiger partial charge in [-0.1, -0.05) is 48.5 Å². The molecule has 2 aromatic carbocycles. The van der Waals surface area contributed by atoms with Crippen LogP contribution in [0, 0.1) is 0 Å². The number of carbonyl (C=O) groups excluding carboxylic acids is 1. The first kappa shape index (κ1) is 16.5. The van der Waals surface area contributed by atoms with Crippen molar-refractivity contribution in [3.63, 3.8) is 0 Å². The molecule has 2 N–H and O–H groups in total. The maximum Gasteiger partial charge on any atom is 0.303 e. The van der Waals surface area contributed by atoms with Gasteiger partial charge in [0, 0.05) is 17.7 Å². The monoisotopic (exact) mass is 335 g/mol. The number of anilines is 1. The lowest BCUT2D eigenvalue weighted by Gasteiger charge is -2.09. The topological polar surface area (TPSA) is 79.5 Å². The van der Waals surface area contributed by atoms with Crippen LogP contribution in [-0.2, 0) is 11.2 Å². The third kappa shape index (κ3) is 4.14. The number of carboxylic acids is 1. The number of hydrogen-bond donors (Lipinski definition) is 2. The molecule has 0 saturated heterocycles. The van der Waals surface area contributed by atoms with Gasteiger partial charge in [0.1, 0.15) is 5.76 Å². The Morgan fingerprint density at radius 1 is 0.920 bits per heavy atom. The van der Waals surface area contributed by atoms with E-state index in [1.54, 1.807) is 30.3 Å². The summed E-state index contributed by atoms with van der Waals surface area (Å²) >= 11 is 0. The second-order valence-corrected chi connectivity index (χ2v) is 5.53. The second kappa shape index (κ2) is 7.49. The van der Waals surface area contributed by atoms with Crippen LogP contribution in [0.1, 0.15) is 22.5 Å². The Kier molecular flexibility index (Phi) is 4.95. The van der Waals surface area contributed by atoms with E-state index >= 15 is 0 Å². The first-order valence-electron chi connectivity index (χ1n) is 7.90. The van der Waals surface area contributed by atoms with E-state index in [4.69, 9.17) is 9.52 Å². The number of carbonyl (C=O) groups is 2. The molecule has 3 rings (SSSR count). The minimum Gasteiger partial charge on any atom is -0.481 e. The van der Waals surface area contributed by atoms with Crippen LogP contribution in [0.3, 0.4) is 0 Å². The van der Waals surface area contributed by atoms with Crippen molar-refractivity contribution in [2.45, 2.75) is 12.8 Å². The predicted octanol–water partition coefficient (Wildman–Crippen LogP) is 4.22. The summed E-state index contributed by atoms with van der Waals surface area (Å²) in [6.07, 6.45) is 0.352. The molecule has 0 spiro atoms. The van der Waals surface area contributed by atoms with Gasteiger partial charge < -0.3 is 14.8 Å². The predicted molar refractivity (Wildman–Crippen MR) is 94.5 cm³/mol. The Balaban J connectivity index is 1.75. The highest BCUT2D eigenvalue weighted by atomic mass is 16.4. The van der Waals surface area contributed by atoms with E-state index in [-0.39, 0.29) is 18.1 Å². The zero-order valence-corrected chi connectivity index (χ0v) is 13.4. The van der Waals surface area contributed by atoms with E-state index in [1.807, 2.05) is 36.4 Å². The van der Waals surface area contributed by atoms with Crippen molar-refractivity contribution < 1.29 is 19.1 Å². The summed E-state index contributed by atoms with van der Waals surface area (Å²) in [6.45, 7) is 0. The van der Waals surface area contributed by atoms with Crippen molar-refractivity contribution in [1.29, 1.82) is 0 Å². The van der Waals surface area contributed by atoms with Gasteiger partial charge in [-0.3, -0.25) is 9.59 Å². The van der Waals surface area contributed by atoms with Crippen molar-refractivity contribution in [1.82, 2.24) is 0 Å². The molecule has 1 amide bonds. The lowest BCUT2D eigenvalue weighted by molar-refractivity contribution is -0.136. The Hall–Kier alpha value is -3.34. The molecule has 0 unspecified atom stereocenters. The first-order valence-corrected chi connectivity index (χ1v) is 7.90. The zero-order chi connectivity index (χ0) is 17.6. The number of benzene rings is 2. The molecule has 0 aliphatic carbocycles. The Morgan fingerprint density at radius 2 is 1.64 bits per heavy atom. The first-order chi connectivity index (χ1) is 12.1. The van der Waals surface area contributed by atoms with Gasteiger partial charge in [0.15, 0.2) is 5.76 Å². The molecule has 1 aromatic heterocycles. The Morgan fingerprint density at radius 3 is 2.40 bits per heavy atom. The van der Waals surface area contributed by atoms with Gasteiger partial charge in [-0.15, -0.1) is 0 Å². The van der Waals surface area contributed by atoms with Crippen LogP contribution in [-0.4, -0.2) is 17.0 Å². The molecular weight excluding hydrogens is 318 g/mol. The molecule has 5 nitrogen and oxygen atoms in total. The molecule has 1 heterocycles. The number of aryl methyl sites for hydroxylation is 1. The van der Waals surface area contributed by atoms with Crippen molar-refractivity contribution in [2.75, 3.05) is 5.32 Å². The molecule has 5 heteroatoms. The summed E-state index contributed by atoms with van der Waals surface area (Å²) < 4.78 is 5.64. The summed E-state index contributed by atoms with van der Waals surface area (Å²) in [4.78, 5) is 23.2. The number of carboxylic acid groups (broad SMARTS) is 1. The highest BCUT2D eigenvalue weighted by Gasteiger charge is 2.14. The molecule has 0 saturated carbocycles. The smallest absolute Gasteiger partial charge is 0.303 e. The number of amides is 1. The van der Waals surface area contributed by atoms with Crippen LogP contribution < -0.4 is 5.32 Å². The molecule has 126 valence electrons. The maximum atomic E-state index is 12.4. The summed E-state index contributed by atoms with van der Waals surface area (Å²) in [5.74, 6) is -0.429. The minimum absolute atomic E-state index is 0.00575. The van der Waals surface area contributed by atoms with Gasteiger partial charge in [0.2, 0.25) is 0 Å². The summed E-state index contributed by atoms with van der Waals surface area (Å²) in [7, 11) is 0. The summed E-state index contributed by atoms with van der Waals surface area (Å²) in [5, 5.41) is 11.6. The van der Waals surface area contributed by atoms with Crippen LogP contribution in [0.25, 0.3) is 11.3 Å². The van der Waals surface area contributed by atoms with Gasteiger partial charge >= 0.3 is 5.97 Å². The largest absolute Gasteiger partial charge is 0.481 e. The van der Waals surface area contributed by atoms with E-state index in [2.05, 4.69) is 5.32 Å². The molecule has 0 radical (unpaired) electrons. The number of furan rings is 1. The third-order valence-corrected chi connectivity index (χ3v) is 3.76. The summed E-state index contributed by atoms with van der Waals surface area (Å²) in [6, 6.07) is 20.0. The van der Waals surface area contributed by atoms with E-state index in [9.17, 15) is 9.59 Å². The lowest BCUT2D eigenvalue weighted by Crippen LogP contribution is -2.12. The van der Waals surface area contributed by atoms with Gasteiger partial charge in [0.25, 0.3) is 5.91 Å². The Labute approximate surface area is 144 Å². The van der Waals surface area contributed by atoms with Gasteiger partial charge in [-0.05, 0) is 30.2 Å². The van der Waals surface area contributed by atoms with Crippen molar-refractivity contribution in [3.05, 3.63) is 78.1 Å². The highest BCUT2D eigenvalue weighted by molar-refractivity contribution is 6.03. The van der Waals surface area contributed by atoms with Crippen LogP contribution in [0.2, 0.25) is 0 Å². The van der Waals surface area contributed by atoms with Crippen LogP contribution in [0.4, 0.5) is 5.69 Å². The highest BCUT2D eigenvalue weighted by Crippen LogP contribution is 2.23. The molecule has 0 fully saturated rings. The normalized spacial score (nSPS) is 10.4. The van der Waals surface area contributed by atoms with E-state index in [1.165, 1.54) is 0 Å². The summed E-state index contributed by atoms with van der Waals surface area (Å²) in [5.41, 5.74) is 2.25. The minimum atomic E-state index is -0.875. The fourth-order valence-electron chi connectivity index (χ4n) is 2.50. The Bertz CT molecular complexity index is 883. The maximum absolute atomic E-state index is 12.4. The van der Waals surface area contributed by atoms with Crippen LogP contribution in [0.5, 0.6) is 0 Å². The van der Waals surface area contributed by atoms with Gasteiger partial charge in [-0.2, -0.15) is 0 Å². The molecule has 3 aromatic rings. The molecule has 0 aliphatic heterocycles. The van der Waals surface area contributed by atoms with Gasteiger partial charge in [0.05, 0.1) is 0 Å². The van der Waals surface area contributed by atoms with E-state index < -0.39 is 5.97 Å². The van der Waals surface area contributed by atoms with E-state index in [0.717, 1.165) is 11.1 Å². The van der Waals surface area contributed by atoms with Crippen LogP contribution >= 0.6 is 0 Å². The fourth-order valence-corrected chi connectivity index (χ4v) is 2.50. The quantitative estimate of drug-likeness (QED) is 0.707. The van der Waals surface area contributed by atoms with E-state index in [0.29, 0.717) is 17.9 Å². The molecular formula is C20H17NO4. The third-order valence-electron chi connectivity index (χ3n) is 3.76. The van der Waals surface area contributed by atoms with Crippen molar-refractivity contribution in [2.24, 2.45) is 0 Å². The lowest BCUT2D eigenvalue weighted by atomic mass is 10.1. The number of nitrogens with one attached hydrogen (secondary N) is 1. The van der Waals surface area contributed by atoms with Crippen LogP contribution in [0.15, 0.2) is 71.1 Å². The fraction of sp³-hybridized carbons (Fsp3) is 0.100. The van der Waals surface area contributed by atoms with Crippen molar-refractivity contribution in [3.8, 4) is 11.3 Å². The standard InChI is InChI=1S/C20H17NO4/c22-19(23)13-10-14-6-4-5-9-16(14)21-20(24)18-12-11-17(25-18)15-7-2-1-3-8-15/h1-9,11-12H,10,13H2,(H,21,24)(H,22,23). The molecule has 0 aliphatic rings. The van der Waals surface area contributed by atoms with Gasteiger partial charge in [-0.25, -0.2) is 0 Å². The number of para-hydroxylation sites is 1. The average molecular weight is 335 g/mol.